The van der Waals surface area contributed by atoms with Crippen molar-refractivity contribution in [2.75, 3.05) is 17.2 Å². The number of anilines is 1. The monoisotopic (exact) mass is 538 g/mol. The second kappa shape index (κ2) is 10.2. The highest BCUT2D eigenvalue weighted by molar-refractivity contribution is 8.00. The Bertz CT molecular complexity index is 1390. The summed E-state index contributed by atoms with van der Waals surface area (Å²) in [5, 5.41) is 9.70. The molecule has 0 saturated carbocycles. The molecule has 5 rings (SSSR count). The number of carbonyl (C=O) groups is 2. The molecule has 4 aromatic rings. The number of furan rings is 1. The van der Waals surface area contributed by atoms with Gasteiger partial charge in [-0.2, -0.15) is 5.10 Å². The molecule has 7 nitrogen and oxygen atoms in total. The van der Waals surface area contributed by atoms with Crippen molar-refractivity contribution in [3.8, 4) is 5.69 Å². The van der Waals surface area contributed by atoms with E-state index in [0.717, 1.165) is 16.1 Å². The molecule has 0 spiro atoms. The quantitative estimate of drug-likeness (QED) is 0.353. The lowest BCUT2D eigenvalue weighted by Crippen LogP contribution is -2.42. The number of nitrogens with zero attached hydrogens (tertiary/aromatic N) is 3. The number of hydrogen-bond acceptors (Lipinski definition) is 6. The van der Waals surface area contributed by atoms with Crippen molar-refractivity contribution in [1.82, 2.24) is 15.1 Å². The maximum Gasteiger partial charge on any atom is 0.240 e. The van der Waals surface area contributed by atoms with Crippen molar-refractivity contribution in [3.05, 3.63) is 87.9 Å². The largest absolute Gasteiger partial charge is 0.467 e. The van der Waals surface area contributed by atoms with Crippen molar-refractivity contribution in [1.29, 1.82) is 0 Å². The summed E-state index contributed by atoms with van der Waals surface area (Å²) in [6.07, 6.45) is 1.54. The van der Waals surface area contributed by atoms with Crippen LogP contribution in [-0.4, -0.2) is 33.9 Å². The fraction of sp³-hybridized carbons (Fsp3) is 0.296. The van der Waals surface area contributed by atoms with Gasteiger partial charge in [-0.15, -0.1) is 23.1 Å². The molecule has 1 aromatic carbocycles. The maximum atomic E-state index is 13.8. The highest BCUT2D eigenvalue weighted by atomic mass is 32.2. The van der Waals surface area contributed by atoms with Crippen LogP contribution in [-0.2, 0) is 21.5 Å². The molecule has 0 unspecified atom stereocenters. The molecule has 3 aromatic heterocycles. The van der Waals surface area contributed by atoms with E-state index in [2.05, 4.69) is 32.2 Å². The molecule has 4 heterocycles. The molecule has 2 amide bonds. The summed E-state index contributed by atoms with van der Waals surface area (Å²) in [7, 11) is 0. The van der Waals surface area contributed by atoms with Gasteiger partial charge in [-0.1, -0.05) is 26.8 Å². The van der Waals surface area contributed by atoms with Gasteiger partial charge in [-0.05, 0) is 47.8 Å². The number of rotatable bonds is 6. The molecular weight excluding hydrogens is 511 g/mol. The van der Waals surface area contributed by atoms with Crippen LogP contribution in [0.5, 0.6) is 0 Å². The van der Waals surface area contributed by atoms with Gasteiger partial charge in [-0.25, -0.2) is 9.07 Å². The van der Waals surface area contributed by atoms with E-state index >= 15 is 0 Å². The highest BCUT2D eigenvalue weighted by Gasteiger charge is 2.40. The van der Waals surface area contributed by atoms with Crippen molar-refractivity contribution >= 4 is 40.7 Å². The van der Waals surface area contributed by atoms with Gasteiger partial charge >= 0.3 is 0 Å². The molecule has 10 heteroatoms. The van der Waals surface area contributed by atoms with E-state index in [1.807, 2.05) is 11.4 Å². The third-order valence-corrected chi connectivity index (χ3v) is 8.34. The zero-order valence-electron chi connectivity index (χ0n) is 20.7. The maximum absolute atomic E-state index is 13.8. The number of amides is 2. The number of hydrogen-bond donors (Lipinski definition) is 1. The summed E-state index contributed by atoms with van der Waals surface area (Å²) in [5.74, 6) is 0.487. The van der Waals surface area contributed by atoms with Gasteiger partial charge in [0.1, 0.15) is 23.9 Å². The number of fused-ring (bicyclic) bond motifs is 1. The molecule has 0 bridgehead atoms. The molecule has 0 radical (unpaired) electrons. The number of aromatic nitrogens is 2. The Morgan fingerprint density at radius 1 is 1.19 bits per heavy atom. The van der Waals surface area contributed by atoms with Gasteiger partial charge in [0.05, 0.1) is 35.2 Å². The summed E-state index contributed by atoms with van der Waals surface area (Å²) in [6, 6.07) is 13.6. The van der Waals surface area contributed by atoms with Crippen molar-refractivity contribution in [3.63, 3.8) is 0 Å². The van der Waals surface area contributed by atoms with Crippen LogP contribution in [0.25, 0.3) is 5.69 Å². The van der Waals surface area contributed by atoms with Crippen molar-refractivity contribution in [2.45, 2.75) is 38.0 Å². The van der Waals surface area contributed by atoms with Crippen molar-refractivity contribution in [2.24, 2.45) is 0 Å². The zero-order valence-corrected chi connectivity index (χ0v) is 22.4. The molecule has 1 aliphatic heterocycles. The number of nitrogens with one attached hydrogen (secondary N) is 1. The van der Waals surface area contributed by atoms with Crippen LogP contribution in [0, 0.1) is 5.82 Å². The first-order chi connectivity index (χ1) is 17.7. The molecule has 0 fully saturated rings. The zero-order chi connectivity index (χ0) is 26.2. The first kappa shape index (κ1) is 25.3. The molecule has 0 saturated heterocycles. The van der Waals surface area contributed by atoms with Crippen LogP contribution in [0.1, 0.15) is 47.9 Å². The second-order valence-electron chi connectivity index (χ2n) is 9.77. The molecule has 1 aliphatic rings. The number of halogens is 1. The molecule has 1 N–H and O–H groups in total. The average molecular weight is 539 g/mol. The van der Waals surface area contributed by atoms with E-state index < -0.39 is 0 Å². The molecular formula is C27H27FN4O3S2. The Kier molecular flexibility index (Phi) is 6.96. The predicted octanol–water partition coefficient (Wildman–Crippen LogP) is 5.45. The summed E-state index contributed by atoms with van der Waals surface area (Å²) in [6.45, 7) is 6.27. The van der Waals surface area contributed by atoms with Crippen LogP contribution in [0.3, 0.4) is 0 Å². The molecule has 37 heavy (non-hydrogen) atoms. The van der Waals surface area contributed by atoms with Gasteiger partial charge in [0.2, 0.25) is 11.8 Å². The smallest absolute Gasteiger partial charge is 0.240 e. The molecule has 0 aliphatic carbocycles. The average Bonchev–Trinajstić information content (AvgIpc) is 3.62. The fourth-order valence-corrected chi connectivity index (χ4v) is 6.47. The Morgan fingerprint density at radius 3 is 2.62 bits per heavy atom. The van der Waals surface area contributed by atoms with Gasteiger partial charge in [-0.3, -0.25) is 14.5 Å². The van der Waals surface area contributed by atoms with E-state index in [1.54, 1.807) is 46.5 Å². The minimum Gasteiger partial charge on any atom is -0.467 e. The second-order valence-corrected chi connectivity index (χ2v) is 11.8. The SMILES string of the molecule is CC(C)(C)c1nn(-c2ccc(F)cc2)c2c1[C@@H](c1cccs1)SCC(=O)N2CC(=O)NCc1ccco1. The van der Waals surface area contributed by atoms with Gasteiger partial charge in [0.15, 0.2) is 0 Å². The van der Waals surface area contributed by atoms with Crippen LogP contribution < -0.4 is 10.2 Å². The lowest BCUT2D eigenvalue weighted by atomic mass is 9.88. The Labute approximate surface area is 222 Å². The number of carbonyl (C=O) groups excluding carboxylic acids is 2. The Morgan fingerprint density at radius 2 is 1.97 bits per heavy atom. The summed E-state index contributed by atoms with van der Waals surface area (Å²) in [4.78, 5) is 29.2. The standard InChI is InChI=1S/C27H27FN4O3S2/c1-27(2,3)25-23-24(20-7-5-13-36-20)37-16-22(34)31(15-21(33)29-14-19-6-4-12-35-19)26(23)32(30-25)18-10-8-17(28)9-11-18/h4-13,24H,14-16H2,1-3H3,(H,29,33)/t24-/m1/s1. The topological polar surface area (TPSA) is 80.4 Å². The lowest BCUT2D eigenvalue weighted by molar-refractivity contribution is -0.123. The number of thioether (sulfide) groups is 1. The lowest BCUT2D eigenvalue weighted by Gasteiger charge is -2.24. The Hall–Kier alpha value is -3.37. The number of benzene rings is 1. The van der Waals surface area contributed by atoms with Crippen LogP contribution in [0.15, 0.2) is 64.6 Å². The number of thiophene rings is 1. The molecule has 1 atom stereocenters. The normalized spacial score (nSPS) is 15.9. The van der Waals surface area contributed by atoms with Crippen molar-refractivity contribution < 1.29 is 18.4 Å². The van der Waals surface area contributed by atoms with Gasteiger partial charge in [0.25, 0.3) is 0 Å². The van der Waals surface area contributed by atoms with E-state index in [9.17, 15) is 14.0 Å². The van der Waals surface area contributed by atoms with E-state index in [4.69, 9.17) is 9.52 Å². The van der Waals surface area contributed by atoms with E-state index in [-0.39, 0.29) is 47.1 Å². The fourth-order valence-electron chi connectivity index (χ4n) is 4.30. The third-order valence-electron chi connectivity index (χ3n) is 6.01. The summed E-state index contributed by atoms with van der Waals surface area (Å²) in [5.41, 5.74) is 1.98. The van der Waals surface area contributed by atoms with Crippen LogP contribution in [0.2, 0.25) is 0 Å². The minimum atomic E-state index is -0.365. The highest BCUT2D eigenvalue weighted by Crippen LogP contribution is 2.49. The summed E-state index contributed by atoms with van der Waals surface area (Å²) >= 11 is 3.16. The van der Waals surface area contributed by atoms with Gasteiger partial charge in [0, 0.05) is 15.9 Å². The predicted molar refractivity (Wildman–Crippen MR) is 144 cm³/mol. The van der Waals surface area contributed by atoms with E-state index in [0.29, 0.717) is 17.3 Å². The first-order valence-electron chi connectivity index (χ1n) is 11.9. The minimum absolute atomic E-state index is 0.140. The Balaban J connectivity index is 1.65. The van der Waals surface area contributed by atoms with Crippen LogP contribution in [0.4, 0.5) is 10.2 Å². The van der Waals surface area contributed by atoms with E-state index in [1.165, 1.54) is 28.8 Å². The van der Waals surface area contributed by atoms with Crippen LogP contribution >= 0.6 is 23.1 Å². The third kappa shape index (κ3) is 5.21. The van der Waals surface area contributed by atoms with Gasteiger partial charge < -0.3 is 9.73 Å². The molecule has 192 valence electrons. The summed E-state index contributed by atoms with van der Waals surface area (Å²) < 4.78 is 20.8. The first-order valence-corrected chi connectivity index (χ1v) is 13.8.